The molecule has 3 aromatic rings. The summed E-state index contributed by atoms with van der Waals surface area (Å²) in [4.78, 5) is 12.5. The van der Waals surface area contributed by atoms with Crippen molar-refractivity contribution in [2.24, 2.45) is 0 Å². The predicted octanol–water partition coefficient (Wildman–Crippen LogP) is 4.04. The molecule has 1 atom stereocenters. The first-order valence-electron chi connectivity index (χ1n) is 8.89. The molecule has 0 aliphatic rings. The van der Waals surface area contributed by atoms with Gasteiger partial charge in [0.25, 0.3) is 0 Å². The number of anilines is 1. The van der Waals surface area contributed by atoms with Gasteiger partial charge >= 0.3 is 0 Å². The Bertz CT molecular complexity index is 971. The number of nitrogen functional groups attached to an aromatic ring is 1. The van der Waals surface area contributed by atoms with Gasteiger partial charge in [-0.3, -0.25) is 4.79 Å². The Labute approximate surface area is 167 Å². The summed E-state index contributed by atoms with van der Waals surface area (Å²) in [5, 5.41) is 10.7. The van der Waals surface area contributed by atoms with Crippen molar-refractivity contribution in [3.63, 3.8) is 0 Å². The van der Waals surface area contributed by atoms with E-state index in [1.807, 2.05) is 24.3 Å². The maximum Gasteiger partial charge on any atom is 0.237 e. The molecule has 3 N–H and O–H groups in total. The third-order valence-corrected chi connectivity index (χ3v) is 5.33. The van der Waals surface area contributed by atoms with Crippen molar-refractivity contribution in [2.45, 2.75) is 37.1 Å². The highest BCUT2D eigenvalue weighted by atomic mass is 32.2. The standard InChI is InChI=1S/C20H22FN5OS/c1-12(2)14-8-10-15(11-9-14)23-19(27)13(3)28-20-25-24-18(26(20)22)16-6-4-5-7-17(16)21/h4-13H,22H2,1-3H3,(H,23,27)/t13-/m1/s1. The average molecular weight is 399 g/mol. The van der Waals surface area contributed by atoms with E-state index in [0.717, 1.165) is 17.4 Å². The summed E-state index contributed by atoms with van der Waals surface area (Å²) in [5.41, 5.74) is 2.19. The van der Waals surface area contributed by atoms with Crippen molar-refractivity contribution in [1.29, 1.82) is 0 Å². The van der Waals surface area contributed by atoms with Crippen LogP contribution in [0.15, 0.2) is 53.7 Å². The fourth-order valence-electron chi connectivity index (χ4n) is 2.59. The Balaban J connectivity index is 1.68. The number of amides is 1. The van der Waals surface area contributed by atoms with E-state index in [1.165, 1.54) is 16.3 Å². The SMILES string of the molecule is CC(C)c1ccc(NC(=O)[C@@H](C)Sc2nnc(-c3ccccc3F)n2N)cc1. The van der Waals surface area contributed by atoms with E-state index in [0.29, 0.717) is 11.1 Å². The minimum absolute atomic E-state index is 0.183. The van der Waals surface area contributed by atoms with E-state index >= 15 is 0 Å². The smallest absolute Gasteiger partial charge is 0.237 e. The second-order valence-electron chi connectivity index (χ2n) is 6.68. The van der Waals surface area contributed by atoms with Crippen LogP contribution in [0.1, 0.15) is 32.3 Å². The largest absolute Gasteiger partial charge is 0.335 e. The molecular weight excluding hydrogens is 377 g/mol. The van der Waals surface area contributed by atoms with Crippen LogP contribution in [-0.4, -0.2) is 26.0 Å². The number of aromatic nitrogens is 3. The van der Waals surface area contributed by atoms with Gasteiger partial charge in [-0.2, -0.15) is 0 Å². The Kier molecular flexibility index (Phi) is 5.99. The molecule has 1 aromatic heterocycles. The molecule has 0 aliphatic carbocycles. The van der Waals surface area contributed by atoms with Crippen molar-refractivity contribution >= 4 is 23.4 Å². The van der Waals surface area contributed by atoms with Crippen molar-refractivity contribution in [3.8, 4) is 11.4 Å². The molecule has 0 saturated carbocycles. The van der Waals surface area contributed by atoms with E-state index < -0.39 is 11.1 Å². The zero-order valence-corrected chi connectivity index (χ0v) is 16.7. The quantitative estimate of drug-likeness (QED) is 0.483. The van der Waals surface area contributed by atoms with Gasteiger partial charge in [0, 0.05) is 5.69 Å². The lowest BCUT2D eigenvalue weighted by molar-refractivity contribution is -0.115. The Morgan fingerprint density at radius 2 is 1.79 bits per heavy atom. The third kappa shape index (κ3) is 4.33. The maximum absolute atomic E-state index is 14.0. The normalized spacial score (nSPS) is 12.2. The molecule has 28 heavy (non-hydrogen) atoms. The molecule has 3 rings (SSSR count). The first kappa shape index (κ1) is 19.9. The summed E-state index contributed by atoms with van der Waals surface area (Å²) >= 11 is 1.16. The highest BCUT2D eigenvalue weighted by molar-refractivity contribution is 8.00. The van der Waals surface area contributed by atoms with E-state index in [-0.39, 0.29) is 17.3 Å². The lowest BCUT2D eigenvalue weighted by atomic mass is 10.0. The molecule has 146 valence electrons. The number of rotatable bonds is 6. The molecule has 1 amide bonds. The minimum atomic E-state index is -0.468. The summed E-state index contributed by atoms with van der Waals surface area (Å²) < 4.78 is 15.2. The summed E-state index contributed by atoms with van der Waals surface area (Å²) in [7, 11) is 0. The van der Waals surface area contributed by atoms with Crippen molar-refractivity contribution in [3.05, 3.63) is 59.9 Å². The number of hydrogen-bond donors (Lipinski definition) is 2. The number of nitrogens with zero attached hydrogens (tertiary/aromatic N) is 3. The van der Waals surface area contributed by atoms with Crippen LogP contribution in [0.2, 0.25) is 0 Å². The van der Waals surface area contributed by atoms with Gasteiger partial charge in [0.15, 0.2) is 5.82 Å². The maximum atomic E-state index is 14.0. The van der Waals surface area contributed by atoms with Crippen molar-refractivity contribution in [2.75, 3.05) is 11.2 Å². The number of thioether (sulfide) groups is 1. The van der Waals surface area contributed by atoms with Crippen molar-refractivity contribution in [1.82, 2.24) is 14.9 Å². The number of halogens is 1. The Morgan fingerprint density at radius 3 is 2.43 bits per heavy atom. The van der Waals surface area contributed by atoms with Crippen molar-refractivity contribution < 1.29 is 9.18 Å². The number of nitrogens with one attached hydrogen (secondary N) is 1. The molecule has 0 spiro atoms. The molecule has 8 heteroatoms. The molecule has 0 aliphatic heterocycles. The lowest BCUT2D eigenvalue weighted by Gasteiger charge is -2.12. The van der Waals surface area contributed by atoms with Gasteiger partial charge in [0.05, 0.1) is 10.8 Å². The van der Waals surface area contributed by atoms with Crippen LogP contribution in [0.4, 0.5) is 10.1 Å². The third-order valence-electron chi connectivity index (χ3n) is 4.28. The first-order chi connectivity index (χ1) is 13.4. The van der Waals surface area contributed by atoms with E-state index in [1.54, 1.807) is 25.1 Å². The summed E-state index contributed by atoms with van der Waals surface area (Å²) in [5.74, 6) is 6.04. The monoisotopic (exact) mass is 399 g/mol. The molecule has 2 aromatic carbocycles. The van der Waals surface area contributed by atoms with Crippen LogP contribution < -0.4 is 11.2 Å². The second-order valence-corrected chi connectivity index (χ2v) is 7.99. The zero-order valence-electron chi connectivity index (χ0n) is 15.9. The Morgan fingerprint density at radius 1 is 1.11 bits per heavy atom. The molecule has 0 fully saturated rings. The lowest BCUT2D eigenvalue weighted by Crippen LogP contribution is -2.23. The van der Waals surface area contributed by atoms with Crippen LogP contribution in [0.3, 0.4) is 0 Å². The van der Waals surface area contributed by atoms with Crippen LogP contribution >= 0.6 is 11.8 Å². The fraction of sp³-hybridized carbons (Fsp3) is 0.250. The summed E-state index contributed by atoms with van der Waals surface area (Å²) in [6, 6.07) is 13.9. The molecule has 1 heterocycles. The summed E-state index contributed by atoms with van der Waals surface area (Å²) in [6.45, 7) is 5.98. The van der Waals surface area contributed by atoms with Gasteiger partial charge in [-0.25, -0.2) is 9.07 Å². The van der Waals surface area contributed by atoms with Crippen LogP contribution in [0.25, 0.3) is 11.4 Å². The number of carbonyl (C=O) groups excluding carboxylic acids is 1. The number of hydrogen-bond acceptors (Lipinski definition) is 5. The average Bonchev–Trinajstić information content (AvgIpc) is 3.03. The van der Waals surface area contributed by atoms with E-state index in [9.17, 15) is 9.18 Å². The predicted molar refractivity (Wildman–Crippen MR) is 110 cm³/mol. The van der Waals surface area contributed by atoms with Crippen LogP contribution in [0, 0.1) is 5.82 Å². The fourth-order valence-corrected chi connectivity index (χ4v) is 3.36. The number of nitrogens with two attached hydrogens (primary N) is 1. The van der Waals surface area contributed by atoms with Gasteiger partial charge in [-0.15, -0.1) is 10.2 Å². The summed E-state index contributed by atoms with van der Waals surface area (Å²) in [6.07, 6.45) is 0. The highest BCUT2D eigenvalue weighted by Gasteiger charge is 2.21. The van der Waals surface area contributed by atoms with Gasteiger partial charge in [0.1, 0.15) is 5.82 Å². The van der Waals surface area contributed by atoms with Crippen LogP contribution in [-0.2, 0) is 4.79 Å². The molecule has 0 radical (unpaired) electrons. The first-order valence-corrected chi connectivity index (χ1v) is 9.77. The van der Waals surface area contributed by atoms with E-state index in [2.05, 4.69) is 29.4 Å². The minimum Gasteiger partial charge on any atom is -0.335 e. The highest BCUT2D eigenvalue weighted by Crippen LogP contribution is 2.27. The molecule has 0 bridgehead atoms. The second kappa shape index (κ2) is 8.43. The van der Waals surface area contributed by atoms with Gasteiger partial charge in [-0.05, 0) is 42.7 Å². The van der Waals surface area contributed by atoms with Crippen LogP contribution in [0.5, 0.6) is 0 Å². The molecule has 0 saturated heterocycles. The zero-order chi connectivity index (χ0) is 20.3. The molecule has 6 nitrogen and oxygen atoms in total. The molecular formula is C20H22FN5OS. The van der Waals surface area contributed by atoms with E-state index in [4.69, 9.17) is 5.84 Å². The van der Waals surface area contributed by atoms with Gasteiger partial charge < -0.3 is 11.2 Å². The number of carbonyl (C=O) groups is 1. The molecule has 0 unspecified atom stereocenters. The Hall–Kier alpha value is -2.87. The topological polar surface area (TPSA) is 85.8 Å². The van der Waals surface area contributed by atoms with Gasteiger partial charge in [0.2, 0.25) is 11.1 Å². The number of benzene rings is 2. The van der Waals surface area contributed by atoms with Gasteiger partial charge in [-0.1, -0.05) is 49.9 Å².